The van der Waals surface area contributed by atoms with Gasteiger partial charge < -0.3 is 10.0 Å². The normalized spacial score (nSPS) is 23.0. The second-order valence-corrected chi connectivity index (χ2v) is 11.1. The van der Waals surface area contributed by atoms with E-state index in [0.29, 0.717) is 11.5 Å². The molecule has 4 rings (SSSR count). The number of hydrogen-bond acceptors (Lipinski definition) is 4. The van der Waals surface area contributed by atoms with Gasteiger partial charge in [-0.25, -0.2) is 8.42 Å². The Hall–Kier alpha value is -2.66. The van der Waals surface area contributed by atoms with Crippen LogP contribution in [0.4, 0.5) is 0 Å². The van der Waals surface area contributed by atoms with Crippen molar-refractivity contribution in [1.29, 1.82) is 0 Å². The number of piperazine rings is 1. The maximum atomic E-state index is 13.3. The summed E-state index contributed by atoms with van der Waals surface area (Å²) in [4.78, 5) is 14.8. The second-order valence-electron chi connectivity index (χ2n) is 9.23. The van der Waals surface area contributed by atoms with Gasteiger partial charge in [0.05, 0.1) is 30.1 Å². The van der Waals surface area contributed by atoms with E-state index in [-0.39, 0.29) is 48.5 Å². The predicted octanol–water partition coefficient (Wildman–Crippen LogP) is 2.75. The molecule has 3 atom stereocenters. The molecule has 2 aromatic rings. The Labute approximate surface area is 196 Å². The third-order valence-corrected chi connectivity index (χ3v) is 8.44. The summed E-state index contributed by atoms with van der Waals surface area (Å²) < 4.78 is 27.9. The lowest BCUT2D eigenvalue weighted by Gasteiger charge is -2.58. The number of aliphatic hydroxyl groups excluding tert-OH is 1. The molecule has 2 fully saturated rings. The summed E-state index contributed by atoms with van der Waals surface area (Å²) in [5, 5.41) is 9.99. The molecule has 0 bridgehead atoms. The van der Waals surface area contributed by atoms with Crippen molar-refractivity contribution in [2.75, 3.05) is 19.7 Å². The van der Waals surface area contributed by atoms with E-state index in [1.807, 2.05) is 24.3 Å². The smallest absolute Gasteiger partial charge is 0.243 e. The fraction of sp³-hybridized carbons (Fsp3) is 0.423. The molecule has 0 radical (unpaired) electrons. The topological polar surface area (TPSA) is 77.9 Å². The number of fused-ring (bicyclic) bond motifs is 1. The third-order valence-electron chi connectivity index (χ3n) is 6.47. The average Bonchev–Trinajstić information content (AvgIpc) is 2.76. The van der Waals surface area contributed by atoms with Gasteiger partial charge >= 0.3 is 0 Å². The number of amides is 1. The Morgan fingerprint density at radius 3 is 2.45 bits per heavy atom. The molecule has 0 aliphatic carbocycles. The van der Waals surface area contributed by atoms with Gasteiger partial charge in [-0.15, -0.1) is 0 Å². The maximum absolute atomic E-state index is 13.3. The number of nitrogens with zero attached hydrogens (tertiary/aromatic N) is 2. The highest BCUT2D eigenvalue weighted by Crippen LogP contribution is 2.43. The number of rotatable bonds is 5. The molecule has 0 saturated carbocycles. The second kappa shape index (κ2) is 9.30. The SMILES string of the molecule is Cc1ccccc1S(=O)(=O)N1CC(=O)N2[C@H](C1)[C@@H](c1ccc(C#CCC(C)C)cc1)[C@@H]2CO. The van der Waals surface area contributed by atoms with Gasteiger partial charge in [-0.1, -0.05) is 56.0 Å². The van der Waals surface area contributed by atoms with Crippen LogP contribution in [0.15, 0.2) is 53.4 Å². The zero-order valence-corrected chi connectivity index (χ0v) is 20.0. The van der Waals surface area contributed by atoms with E-state index < -0.39 is 10.0 Å². The van der Waals surface area contributed by atoms with Gasteiger partial charge in [0, 0.05) is 24.4 Å². The summed E-state index contributed by atoms with van der Waals surface area (Å²) in [6.07, 6.45) is 0.835. The molecule has 1 N–H and O–H groups in total. The van der Waals surface area contributed by atoms with Crippen LogP contribution in [0.2, 0.25) is 0 Å². The fourth-order valence-electron chi connectivity index (χ4n) is 4.78. The maximum Gasteiger partial charge on any atom is 0.243 e. The minimum atomic E-state index is -3.80. The van der Waals surface area contributed by atoms with Crippen molar-refractivity contribution in [2.45, 2.75) is 50.1 Å². The monoisotopic (exact) mass is 466 g/mol. The largest absolute Gasteiger partial charge is 0.394 e. The van der Waals surface area contributed by atoms with E-state index in [4.69, 9.17) is 0 Å². The van der Waals surface area contributed by atoms with Crippen LogP contribution in [0.3, 0.4) is 0 Å². The fourth-order valence-corrected chi connectivity index (χ4v) is 6.42. The van der Waals surface area contributed by atoms with Crippen LogP contribution >= 0.6 is 0 Å². The Bertz CT molecular complexity index is 1190. The lowest BCUT2D eigenvalue weighted by Crippen LogP contribution is -2.73. The van der Waals surface area contributed by atoms with Gasteiger partial charge in [0.15, 0.2) is 0 Å². The van der Waals surface area contributed by atoms with Gasteiger partial charge in [-0.05, 0) is 42.2 Å². The molecule has 0 unspecified atom stereocenters. The van der Waals surface area contributed by atoms with Crippen LogP contribution in [0.1, 0.15) is 42.9 Å². The Morgan fingerprint density at radius 2 is 1.82 bits per heavy atom. The molecule has 1 amide bonds. The number of aliphatic hydroxyl groups is 1. The molecular weight excluding hydrogens is 436 g/mol. The zero-order chi connectivity index (χ0) is 23.8. The van der Waals surface area contributed by atoms with E-state index in [0.717, 1.165) is 17.5 Å². The van der Waals surface area contributed by atoms with Crippen molar-refractivity contribution in [2.24, 2.45) is 5.92 Å². The molecule has 6 nitrogen and oxygen atoms in total. The third kappa shape index (κ3) is 4.43. The highest BCUT2D eigenvalue weighted by atomic mass is 32.2. The Balaban J connectivity index is 1.58. The minimum absolute atomic E-state index is 0.133. The van der Waals surface area contributed by atoms with E-state index >= 15 is 0 Å². The lowest BCUT2D eigenvalue weighted by atomic mass is 9.74. The molecule has 0 spiro atoms. The van der Waals surface area contributed by atoms with Crippen LogP contribution in [0.5, 0.6) is 0 Å². The van der Waals surface area contributed by atoms with Crippen molar-refractivity contribution >= 4 is 15.9 Å². The van der Waals surface area contributed by atoms with Gasteiger partial charge in [0.1, 0.15) is 0 Å². The number of benzene rings is 2. The Morgan fingerprint density at radius 1 is 1.12 bits per heavy atom. The summed E-state index contributed by atoms with van der Waals surface area (Å²) in [6.45, 7) is 5.85. The van der Waals surface area contributed by atoms with Gasteiger partial charge in [0.25, 0.3) is 0 Å². The number of sulfonamides is 1. The number of carbonyl (C=O) groups is 1. The van der Waals surface area contributed by atoms with Gasteiger partial charge in [0.2, 0.25) is 15.9 Å². The molecule has 7 heteroatoms. The van der Waals surface area contributed by atoms with Gasteiger partial charge in [-0.3, -0.25) is 4.79 Å². The molecule has 0 aromatic heterocycles. The molecule has 33 heavy (non-hydrogen) atoms. The summed E-state index contributed by atoms with van der Waals surface area (Å²) >= 11 is 0. The molecule has 2 heterocycles. The molecule has 2 saturated heterocycles. The summed E-state index contributed by atoms with van der Waals surface area (Å²) in [5.74, 6) is 6.46. The number of aryl methyl sites for hydroxylation is 1. The lowest BCUT2D eigenvalue weighted by molar-refractivity contribution is -0.158. The first kappa shape index (κ1) is 23.5. The first-order chi connectivity index (χ1) is 15.7. The van der Waals surface area contributed by atoms with E-state index in [9.17, 15) is 18.3 Å². The van der Waals surface area contributed by atoms with Crippen molar-refractivity contribution in [1.82, 2.24) is 9.21 Å². The van der Waals surface area contributed by atoms with Gasteiger partial charge in [-0.2, -0.15) is 4.31 Å². The van der Waals surface area contributed by atoms with Crippen molar-refractivity contribution < 1.29 is 18.3 Å². The average molecular weight is 467 g/mol. The molecule has 2 aromatic carbocycles. The number of carbonyl (C=O) groups excluding carboxylic acids is 1. The first-order valence-electron chi connectivity index (χ1n) is 11.3. The zero-order valence-electron chi connectivity index (χ0n) is 19.2. The molecule has 174 valence electrons. The summed E-state index contributed by atoms with van der Waals surface area (Å²) in [6, 6.07) is 14.0. The van der Waals surface area contributed by atoms with Crippen LogP contribution in [-0.4, -0.2) is 60.4 Å². The van der Waals surface area contributed by atoms with E-state index in [1.165, 1.54) is 4.31 Å². The first-order valence-corrected chi connectivity index (χ1v) is 12.7. The van der Waals surface area contributed by atoms with Crippen LogP contribution in [-0.2, 0) is 14.8 Å². The molecular formula is C26H30N2O4S. The van der Waals surface area contributed by atoms with E-state index in [1.54, 1.807) is 36.1 Å². The van der Waals surface area contributed by atoms with Crippen LogP contribution in [0, 0.1) is 24.7 Å². The van der Waals surface area contributed by atoms with Crippen molar-refractivity contribution in [3.63, 3.8) is 0 Å². The summed E-state index contributed by atoms with van der Waals surface area (Å²) in [5.41, 5.74) is 2.55. The highest BCUT2D eigenvalue weighted by molar-refractivity contribution is 7.89. The minimum Gasteiger partial charge on any atom is -0.394 e. The van der Waals surface area contributed by atoms with E-state index in [2.05, 4.69) is 25.7 Å². The predicted molar refractivity (Wildman–Crippen MR) is 127 cm³/mol. The molecule has 2 aliphatic heterocycles. The quantitative estimate of drug-likeness (QED) is 0.688. The summed E-state index contributed by atoms with van der Waals surface area (Å²) in [7, 11) is -3.80. The molecule has 2 aliphatic rings. The highest BCUT2D eigenvalue weighted by Gasteiger charge is 2.55. The van der Waals surface area contributed by atoms with Crippen LogP contribution < -0.4 is 0 Å². The standard InChI is InChI=1S/C26H30N2O4S/c1-18(2)7-6-9-20-11-13-21(14-12-20)26-22-15-27(16-25(30)28(22)23(26)17-29)33(31,32)24-10-5-4-8-19(24)3/h4-5,8,10-14,18,22-23,26,29H,7,15-17H2,1-3H3/t22-,23+,26-/m1/s1. The van der Waals surface area contributed by atoms with Crippen molar-refractivity contribution in [3.05, 3.63) is 65.2 Å². The number of hydrogen-bond donors (Lipinski definition) is 1. The Kier molecular flexibility index (Phi) is 6.62. The van der Waals surface area contributed by atoms with Crippen molar-refractivity contribution in [3.8, 4) is 11.8 Å². The van der Waals surface area contributed by atoms with Crippen LogP contribution in [0.25, 0.3) is 0 Å².